The molecular weight excluding hydrogens is 262 g/mol. The molecule has 1 aromatic carbocycles. The van der Waals surface area contributed by atoms with Gasteiger partial charge in [-0.15, -0.1) is 10.2 Å². The smallest absolute Gasteiger partial charge is 0.246 e. The predicted octanol–water partition coefficient (Wildman–Crippen LogP) is 2.14. The molecule has 1 saturated carbocycles. The Morgan fingerprint density at radius 2 is 1.81 bits per heavy atom. The highest BCUT2D eigenvalue weighted by molar-refractivity contribution is 5.74. The van der Waals surface area contributed by atoms with Gasteiger partial charge in [-0.3, -0.25) is 0 Å². The van der Waals surface area contributed by atoms with Crippen LogP contribution >= 0.6 is 0 Å². The summed E-state index contributed by atoms with van der Waals surface area (Å²) in [5.41, 5.74) is 2.00. The van der Waals surface area contributed by atoms with E-state index in [4.69, 9.17) is 4.98 Å². The normalized spacial score (nSPS) is 21.8. The Kier molecular flexibility index (Phi) is 3.22. The van der Waals surface area contributed by atoms with E-state index in [-0.39, 0.29) is 5.54 Å². The number of rotatable bonds is 1. The molecule has 110 valence electrons. The van der Waals surface area contributed by atoms with Crippen molar-refractivity contribution in [3.8, 4) is 0 Å². The van der Waals surface area contributed by atoms with Gasteiger partial charge in [0.2, 0.25) is 5.95 Å². The third-order valence-electron chi connectivity index (χ3n) is 4.91. The summed E-state index contributed by atoms with van der Waals surface area (Å²) in [6, 6.07) is 7.97. The Hall–Kier alpha value is -1.75. The highest BCUT2D eigenvalue weighted by Crippen LogP contribution is 2.36. The van der Waals surface area contributed by atoms with Gasteiger partial charge in [0.1, 0.15) is 5.52 Å². The minimum atomic E-state index is 0.195. The Morgan fingerprint density at radius 3 is 2.67 bits per heavy atom. The Bertz CT molecular complexity index is 627. The van der Waals surface area contributed by atoms with Crippen LogP contribution in [0.2, 0.25) is 0 Å². The molecular formula is C16H21N5. The largest absolute Gasteiger partial charge is 0.331 e. The van der Waals surface area contributed by atoms with Gasteiger partial charge in [-0.25, -0.2) is 4.98 Å². The highest BCUT2D eigenvalue weighted by Gasteiger charge is 2.41. The summed E-state index contributed by atoms with van der Waals surface area (Å²) < 4.78 is 0. The van der Waals surface area contributed by atoms with E-state index in [0.717, 1.165) is 36.6 Å². The molecule has 0 atom stereocenters. The number of hydrogen-bond acceptors (Lipinski definition) is 5. The number of hydrogen-bond donors (Lipinski definition) is 1. The Balaban J connectivity index is 1.74. The standard InChI is InChI=1S/C16H21N5/c1-4-8-16(9-5-1)12-17-10-11-21(16)15-18-13-6-2-3-7-14(13)19-20-15/h2-3,6-7,17H,1,4-5,8-12H2. The second-order valence-corrected chi connectivity index (χ2v) is 6.21. The third-order valence-corrected chi connectivity index (χ3v) is 4.91. The van der Waals surface area contributed by atoms with Crippen molar-refractivity contribution in [3.63, 3.8) is 0 Å². The van der Waals surface area contributed by atoms with Crippen molar-refractivity contribution in [1.29, 1.82) is 0 Å². The van der Waals surface area contributed by atoms with Crippen molar-refractivity contribution in [2.75, 3.05) is 24.5 Å². The van der Waals surface area contributed by atoms with E-state index in [1.165, 1.54) is 32.1 Å². The molecule has 1 saturated heterocycles. The van der Waals surface area contributed by atoms with E-state index in [1.54, 1.807) is 0 Å². The van der Waals surface area contributed by atoms with Gasteiger partial charge in [0.25, 0.3) is 0 Å². The fourth-order valence-corrected chi connectivity index (χ4v) is 3.80. The van der Waals surface area contributed by atoms with Crippen LogP contribution in [0.1, 0.15) is 32.1 Å². The van der Waals surface area contributed by atoms with Crippen LogP contribution in [0.4, 0.5) is 5.95 Å². The van der Waals surface area contributed by atoms with Gasteiger partial charge in [0.05, 0.1) is 11.1 Å². The van der Waals surface area contributed by atoms with E-state index in [2.05, 4.69) is 20.4 Å². The van der Waals surface area contributed by atoms with E-state index in [9.17, 15) is 0 Å². The van der Waals surface area contributed by atoms with Gasteiger partial charge in [-0.1, -0.05) is 31.4 Å². The van der Waals surface area contributed by atoms with Crippen molar-refractivity contribution in [1.82, 2.24) is 20.5 Å². The molecule has 2 aromatic rings. The van der Waals surface area contributed by atoms with E-state index in [1.807, 2.05) is 24.3 Å². The lowest BCUT2D eigenvalue weighted by Crippen LogP contribution is -2.62. The number of nitrogens with one attached hydrogen (secondary N) is 1. The van der Waals surface area contributed by atoms with Gasteiger partial charge >= 0.3 is 0 Å². The lowest BCUT2D eigenvalue weighted by atomic mass is 9.79. The molecule has 5 heteroatoms. The first-order valence-corrected chi connectivity index (χ1v) is 7.95. The number of para-hydroxylation sites is 1. The summed E-state index contributed by atoms with van der Waals surface area (Å²) in [4.78, 5) is 7.19. The van der Waals surface area contributed by atoms with E-state index >= 15 is 0 Å². The molecule has 0 amide bonds. The zero-order chi connectivity index (χ0) is 14.1. The SMILES string of the molecule is c1ccc2nc(N3CCNCC34CCCCC4)nnc2c1. The molecule has 4 rings (SSSR count). The van der Waals surface area contributed by atoms with Crippen molar-refractivity contribution in [2.45, 2.75) is 37.6 Å². The number of piperazine rings is 1. The highest BCUT2D eigenvalue weighted by atomic mass is 15.4. The van der Waals surface area contributed by atoms with E-state index in [0.29, 0.717) is 0 Å². The Labute approximate surface area is 124 Å². The zero-order valence-electron chi connectivity index (χ0n) is 12.3. The van der Waals surface area contributed by atoms with Gasteiger partial charge in [0, 0.05) is 19.6 Å². The molecule has 21 heavy (non-hydrogen) atoms. The van der Waals surface area contributed by atoms with Crippen LogP contribution in [0, 0.1) is 0 Å². The summed E-state index contributed by atoms with van der Waals surface area (Å²) in [6.07, 6.45) is 6.43. The lowest BCUT2D eigenvalue weighted by Gasteiger charge is -2.49. The van der Waals surface area contributed by atoms with Crippen LogP contribution in [0.3, 0.4) is 0 Å². The molecule has 0 unspecified atom stereocenters. The molecule has 1 aromatic heterocycles. The predicted molar refractivity (Wildman–Crippen MR) is 83.4 cm³/mol. The average molecular weight is 283 g/mol. The third kappa shape index (κ3) is 2.25. The fraction of sp³-hybridized carbons (Fsp3) is 0.562. The average Bonchev–Trinajstić information content (AvgIpc) is 2.56. The number of fused-ring (bicyclic) bond motifs is 1. The van der Waals surface area contributed by atoms with Crippen LogP contribution in [-0.2, 0) is 0 Å². The molecule has 0 radical (unpaired) electrons. The molecule has 5 nitrogen and oxygen atoms in total. The molecule has 1 spiro atoms. The molecule has 2 aliphatic rings. The first kappa shape index (κ1) is 13.0. The topological polar surface area (TPSA) is 53.9 Å². The van der Waals surface area contributed by atoms with Crippen LogP contribution < -0.4 is 10.2 Å². The zero-order valence-corrected chi connectivity index (χ0v) is 12.3. The second-order valence-electron chi connectivity index (χ2n) is 6.21. The molecule has 0 bridgehead atoms. The van der Waals surface area contributed by atoms with Gasteiger partial charge in [0.15, 0.2) is 0 Å². The van der Waals surface area contributed by atoms with Crippen LogP contribution in [-0.4, -0.2) is 40.4 Å². The van der Waals surface area contributed by atoms with Crippen LogP contribution in [0.25, 0.3) is 11.0 Å². The minimum absolute atomic E-state index is 0.195. The molecule has 1 N–H and O–H groups in total. The first-order valence-electron chi connectivity index (χ1n) is 7.95. The Morgan fingerprint density at radius 1 is 1.00 bits per heavy atom. The summed E-state index contributed by atoms with van der Waals surface area (Å²) in [7, 11) is 0. The minimum Gasteiger partial charge on any atom is -0.331 e. The quantitative estimate of drug-likeness (QED) is 0.869. The summed E-state index contributed by atoms with van der Waals surface area (Å²) in [5.74, 6) is 0.803. The summed E-state index contributed by atoms with van der Waals surface area (Å²) in [5, 5.41) is 12.3. The monoisotopic (exact) mass is 283 g/mol. The maximum atomic E-state index is 4.77. The maximum absolute atomic E-state index is 4.77. The number of nitrogens with zero attached hydrogens (tertiary/aromatic N) is 4. The molecule has 1 aliphatic heterocycles. The second kappa shape index (κ2) is 5.22. The number of benzene rings is 1. The lowest BCUT2D eigenvalue weighted by molar-refractivity contribution is 0.238. The van der Waals surface area contributed by atoms with Gasteiger partial charge in [-0.05, 0) is 25.0 Å². The van der Waals surface area contributed by atoms with Crippen molar-refractivity contribution in [3.05, 3.63) is 24.3 Å². The van der Waals surface area contributed by atoms with Crippen molar-refractivity contribution >= 4 is 17.0 Å². The molecule has 2 heterocycles. The molecule has 1 aliphatic carbocycles. The number of aromatic nitrogens is 3. The van der Waals surface area contributed by atoms with Crippen molar-refractivity contribution < 1.29 is 0 Å². The van der Waals surface area contributed by atoms with Gasteiger partial charge < -0.3 is 10.2 Å². The first-order chi connectivity index (χ1) is 10.4. The van der Waals surface area contributed by atoms with Crippen LogP contribution in [0.15, 0.2) is 24.3 Å². The van der Waals surface area contributed by atoms with Gasteiger partial charge in [-0.2, -0.15) is 0 Å². The van der Waals surface area contributed by atoms with Crippen LogP contribution in [0.5, 0.6) is 0 Å². The molecule has 2 fully saturated rings. The summed E-state index contributed by atoms with van der Waals surface area (Å²) >= 11 is 0. The maximum Gasteiger partial charge on any atom is 0.246 e. The van der Waals surface area contributed by atoms with E-state index < -0.39 is 0 Å². The fourth-order valence-electron chi connectivity index (χ4n) is 3.80. The number of anilines is 1. The summed E-state index contributed by atoms with van der Waals surface area (Å²) in [6.45, 7) is 3.02. The van der Waals surface area contributed by atoms with Crippen molar-refractivity contribution in [2.24, 2.45) is 0 Å².